The van der Waals surface area contributed by atoms with Crippen molar-refractivity contribution in [3.05, 3.63) is 89.0 Å². The van der Waals surface area contributed by atoms with E-state index >= 15 is 0 Å². The minimum atomic E-state index is -0.104. The van der Waals surface area contributed by atoms with E-state index < -0.39 is 0 Å². The molecule has 0 saturated heterocycles. The first-order valence-electron chi connectivity index (χ1n) is 9.85. The zero-order chi connectivity index (χ0) is 21.3. The van der Waals surface area contributed by atoms with Crippen LogP contribution < -0.4 is 19.5 Å². The summed E-state index contributed by atoms with van der Waals surface area (Å²) in [6.45, 7) is 0.350. The van der Waals surface area contributed by atoms with Gasteiger partial charge in [0.05, 0.1) is 21.3 Å². The Morgan fingerprint density at radius 3 is 2.03 bits per heavy atom. The van der Waals surface area contributed by atoms with E-state index in [1.54, 1.807) is 21.3 Å². The number of carbonyl (C=O) groups excluding carboxylic acids is 1. The summed E-state index contributed by atoms with van der Waals surface area (Å²) in [6, 6.07) is 21.7. The number of nitrogens with one attached hydrogen (secondary N) is 1. The first-order chi connectivity index (χ1) is 14.7. The maximum absolute atomic E-state index is 12.9. The molecule has 0 bridgehead atoms. The van der Waals surface area contributed by atoms with E-state index in [1.807, 2.05) is 54.6 Å². The van der Waals surface area contributed by atoms with Crippen molar-refractivity contribution in [1.29, 1.82) is 0 Å². The van der Waals surface area contributed by atoms with Crippen LogP contribution in [0.25, 0.3) is 0 Å². The number of rotatable bonds is 9. The second-order valence-corrected chi connectivity index (χ2v) is 6.86. The molecule has 0 aliphatic carbocycles. The summed E-state index contributed by atoms with van der Waals surface area (Å²) in [5.74, 6) is 1.54. The van der Waals surface area contributed by atoms with Gasteiger partial charge >= 0.3 is 0 Å². The Morgan fingerprint density at radius 2 is 1.40 bits per heavy atom. The molecule has 3 aromatic carbocycles. The average molecular weight is 405 g/mol. The van der Waals surface area contributed by atoms with Crippen LogP contribution >= 0.6 is 0 Å². The van der Waals surface area contributed by atoms with Gasteiger partial charge in [0, 0.05) is 12.1 Å². The lowest BCUT2D eigenvalue weighted by Gasteiger charge is -2.15. The molecule has 5 nitrogen and oxygen atoms in total. The van der Waals surface area contributed by atoms with Gasteiger partial charge in [-0.15, -0.1) is 0 Å². The van der Waals surface area contributed by atoms with E-state index in [-0.39, 0.29) is 5.91 Å². The highest BCUT2D eigenvalue weighted by atomic mass is 16.5. The number of hydrogen-bond acceptors (Lipinski definition) is 4. The van der Waals surface area contributed by atoms with Crippen molar-refractivity contribution in [3.8, 4) is 17.2 Å². The first kappa shape index (κ1) is 21.2. The minimum Gasteiger partial charge on any atom is -0.493 e. The number of amides is 1. The second kappa shape index (κ2) is 10.3. The van der Waals surface area contributed by atoms with Gasteiger partial charge in [-0.3, -0.25) is 4.79 Å². The molecule has 0 atom stereocenters. The minimum absolute atomic E-state index is 0.104. The SMILES string of the molecule is COc1cc(CNC(=O)c2ccccc2CCc2ccccc2)cc(OC)c1OC. The van der Waals surface area contributed by atoms with Gasteiger partial charge < -0.3 is 19.5 Å². The fraction of sp³-hybridized carbons (Fsp3) is 0.240. The lowest BCUT2D eigenvalue weighted by Crippen LogP contribution is -2.24. The van der Waals surface area contributed by atoms with Crippen molar-refractivity contribution in [2.45, 2.75) is 19.4 Å². The van der Waals surface area contributed by atoms with Crippen molar-refractivity contribution in [3.63, 3.8) is 0 Å². The lowest BCUT2D eigenvalue weighted by molar-refractivity contribution is 0.0950. The molecule has 0 radical (unpaired) electrons. The highest BCUT2D eigenvalue weighted by Gasteiger charge is 2.15. The van der Waals surface area contributed by atoms with E-state index in [9.17, 15) is 4.79 Å². The largest absolute Gasteiger partial charge is 0.493 e. The molecule has 0 spiro atoms. The van der Waals surface area contributed by atoms with Crippen LogP contribution in [0.5, 0.6) is 17.2 Å². The number of methoxy groups -OCH3 is 3. The van der Waals surface area contributed by atoms with Crippen LogP contribution in [0, 0.1) is 0 Å². The van der Waals surface area contributed by atoms with Crippen LogP contribution in [-0.2, 0) is 19.4 Å². The van der Waals surface area contributed by atoms with Gasteiger partial charge in [-0.2, -0.15) is 0 Å². The van der Waals surface area contributed by atoms with Gasteiger partial charge in [0.2, 0.25) is 5.75 Å². The molecule has 5 heteroatoms. The second-order valence-electron chi connectivity index (χ2n) is 6.86. The molecular formula is C25H27NO4. The number of benzene rings is 3. The molecule has 156 valence electrons. The first-order valence-corrected chi connectivity index (χ1v) is 9.85. The van der Waals surface area contributed by atoms with Crippen LogP contribution in [0.2, 0.25) is 0 Å². The molecule has 3 aromatic rings. The van der Waals surface area contributed by atoms with Crippen LogP contribution in [0.3, 0.4) is 0 Å². The molecule has 0 unspecified atom stereocenters. The van der Waals surface area contributed by atoms with Crippen molar-refractivity contribution >= 4 is 5.91 Å². The maximum atomic E-state index is 12.9. The van der Waals surface area contributed by atoms with Gasteiger partial charge in [-0.1, -0.05) is 48.5 Å². The van der Waals surface area contributed by atoms with Gasteiger partial charge in [-0.25, -0.2) is 0 Å². The van der Waals surface area contributed by atoms with E-state index in [4.69, 9.17) is 14.2 Å². The quantitative estimate of drug-likeness (QED) is 0.572. The monoisotopic (exact) mass is 405 g/mol. The van der Waals surface area contributed by atoms with Crippen molar-refractivity contribution < 1.29 is 19.0 Å². The molecule has 0 saturated carbocycles. The molecular weight excluding hydrogens is 378 g/mol. The van der Waals surface area contributed by atoms with Crippen molar-refractivity contribution in [2.24, 2.45) is 0 Å². The fourth-order valence-electron chi connectivity index (χ4n) is 3.40. The van der Waals surface area contributed by atoms with Crippen LogP contribution in [0.15, 0.2) is 66.7 Å². The molecule has 0 aromatic heterocycles. The third kappa shape index (κ3) is 5.11. The predicted octanol–water partition coefficient (Wildman–Crippen LogP) is 4.43. The molecule has 3 rings (SSSR count). The fourth-order valence-corrected chi connectivity index (χ4v) is 3.40. The summed E-state index contributed by atoms with van der Waals surface area (Å²) in [5.41, 5.74) is 3.84. The Balaban J connectivity index is 1.71. The number of aryl methyl sites for hydroxylation is 2. The summed E-state index contributed by atoms with van der Waals surface area (Å²) >= 11 is 0. The van der Waals surface area contributed by atoms with E-state index in [0.717, 1.165) is 24.0 Å². The van der Waals surface area contributed by atoms with E-state index in [1.165, 1.54) is 5.56 Å². The Bertz CT molecular complexity index is 960. The zero-order valence-corrected chi connectivity index (χ0v) is 17.6. The van der Waals surface area contributed by atoms with Gasteiger partial charge in [0.15, 0.2) is 11.5 Å². The topological polar surface area (TPSA) is 56.8 Å². The smallest absolute Gasteiger partial charge is 0.251 e. The average Bonchev–Trinajstić information content (AvgIpc) is 2.81. The summed E-state index contributed by atoms with van der Waals surface area (Å²) in [5, 5.41) is 3.00. The Labute approximate surface area is 177 Å². The molecule has 0 fully saturated rings. The predicted molar refractivity (Wildman–Crippen MR) is 118 cm³/mol. The molecule has 1 N–H and O–H groups in total. The van der Waals surface area contributed by atoms with Gasteiger partial charge in [-0.05, 0) is 47.7 Å². The number of carbonyl (C=O) groups is 1. The highest BCUT2D eigenvalue weighted by Crippen LogP contribution is 2.38. The van der Waals surface area contributed by atoms with Crippen LogP contribution in [0.4, 0.5) is 0 Å². The molecule has 0 aliphatic heterocycles. The number of ether oxygens (including phenoxy) is 3. The van der Waals surface area contributed by atoms with Crippen molar-refractivity contribution in [2.75, 3.05) is 21.3 Å². The molecule has 0 aliphatic rings. The Morgan fingerprint density at radius 1 is 0.767 bits per heavy atom. The summed E-state index contributed by atoms with van der Waals surface area (Å²) in [7, 11) is 4.71. The zero-order valence-electron chi connectivity index (χ0n) is 17.6. The van der Waals surface area contributed by atoms with Crippen LogP contribution in [-0.4, -0.2) is 27.2 Å². The normalized spacial score (nSPS) is 10.4. The van der Waals surface area contributed by atoms with Gasteiger partial charge in [0.1, 0.15) is 0 Å². The Kier molecular flexibility index (Phi) is 7.33. The maximum Gasteiger partial charge on any atom is 0.251 e. The Hall–Kier alpha value is -3.47. The molecule has 1 amide bonds. The summed E-state index contributed by atoms with van der Waals surface area (Å²) < 4.78 is 16.1. The summed E-state index contributed by atoms with van der Waals surface area (Å²) in [6.07, 6.45) is 1.69. The third-order valence-corrected chi connectivity index (χ3v) is 4.97. The van der Waals surface area contributed by atoms with Crippen molar-refractivity contribution in [1.82, 2.24) is 5.32 Å². The molecule has 0 heterocycles. The molecule has 30 heavy (non-hydrogen) atoms. The summed E-state index contributed by atoms with van der Waals surface area (Å²) in [4.78, 5) is 12.9. The van der Waals surface area contributed by atoms with Gasteiger partial charge in [0.25, 0.3) is 5.91 Å². The van der Waals surface area contributed by atoms with E-state index in [0.29, 0.717) is 29.4 Å². The third-order valence-electron chi connectivity index (χ3n) is 4.97. The standard InChI is InChI=1S/C25H27NO4/c1-28-22-15-19(16-23(29-2)24(22)30-3)17-26-25(27)21-12-8-7-11-20(21)14-13-18-9-5-4-6-10-18/h4-12,15-16H,13-14,17H2,1-3H3,(H,26,27). The lowest BCUT2D eigenvalue weighted by atomic mass is 9.99. The highest BCUT2D eigenvalue weighted by molar-refractivity contribution is 5.95. The van der Waals surface area contributed by atoms with E-state index in [2.05, 4.69) is 17.4 Å². The number of hydrogen-bond donors (Lipinski definition) is 1. The van der Waals surface area contributed by atoms with Crippen LogP contribution in [0.1, 0.15) is 27.0 Å².